The van der Waals surface area contributed by atoms with Gasteiger partial charge in [0.1, 0.15) is 0 Å². The molecule has 0 saturated carbocycles. The number of benzene rings is 1. The predicted octanol–water partition coefficient (Wildman–Crippen LogP) is 3.45. The number of aliphatic hydroxyl groups is 1. The Kier molecular flexibility index (Phi) is 8.25. The van der Waals surface area contributed by atoms with Gasteiger partial charge in [0.25, 0.3) is 0 Å². The molecule has 1 fully saturated rings. The summed E-state index contributed by atoms with van der Waals surface area (Å²) < 4.78 is 0. The average molecular weight is 438 g/mol. The first-order valence-electron chi connectivity index (χ1n) is 11.2. The van der Waals surface area contributed by atoms with Gasteiger partial charge in [0.2, 0.25) is 5.96 Å². The summed E-state index contributed by atoms with van der Waals surface area (Å²) >= 11 is 0. The van der Waals surface area contributed by atoms with Crippen LogP contribution in [-0.2, 0) is 4.84 Å². The van der Waals surface area contributed by atoms with Gasteiger partial charge in [-0.2, -0.15) is 0 Å². The van der Waals surface area contributed by atoms with Crippen LogP contribution in [0.25, 0.3) is 5.76 Å². The zero-order valence-electron chi connectivity index (χ0n) is 19.6. The standard InChI is InChI=1S/C25H35N5O2/c1-6-22(28-25(26-4)27-5)17(3)16-21-23(7-2)29-32-24(21)18-8-10-19(11-9-18)30-14-12-20(31)13-15-30/h6,8-11,16,20,23,29,31H,1,7,12-15H2,2-5H3,(H,26,27)/b17-16+,28-22+. The Morgan fingerprint density at radius 3 is 2.56 bits per heavy atom. The van der Waals surface area contributed by atoms with Gasteiger partial charge in [0.05, 0.1) is 17.9 Å². The van der Waals surface area contributed by atoms with Crippen LogP contribution in [0.2, 0.25) is 0 Å². The summed E-state index contributed by atoms with van der Waals surface area (Å²) in [5.74, 6) is 1.38. The lowest BCUT2D eigenvalue weighted by Crippen LogP contribution is -2.35. The summed E-state index contributed by atoms with van der Waals surface area (Å²) in [5, 5.41) is 12.7. The second-order valence-electron chi connectivity index (χ2n) is 8.06. The molecule has 0 aromatic heterocycles. The number of hydrogen-bond donors (Lipinski definition) is 3. The predicted molar refractivity (Wildman–Crippen MR) is 133 cm³/mol. The summed E-state index contributed by atoms with van der Waals surface area (Å²) in [6.07, 6.45) is 6.22. The fraction of sp³-hybridized carbons (Fsp3) is 0.440. The molecule has 7 heteroatoms. The molecule has 3 N–H and O–H groups in total. The number of nitrogens with zero attached hydrogens (tertiary/aromatic N) is 3. The van der Waals surface area contributed by atoms with Gasteiger partial charge in [-0.05, 0) is 68.2 Å². The smallest absolute Gasteiger partial charge is 0.217 e. The Labute approximate surface area is 191 Å². The third-order valence-corrected chi connectivity index (χ3v) is 5.94. The molecule has 1 unspecified atom stereocenters. The molecule has 3 rings (SSSR count). The summed E-state index contributed by atoms with van der Waals surface area (Å²) in [5.41, 5.74) is 8.19. The SMILES string of the molecule is C=CC(=N\C(=NC)NC)/C(C)=C/C1=C(c2ccc(N3CCC(O)CC3)cc2)ONC1CC. The van der Waals surface area contributed by atoms with Crippen LogP contribution in [0.15, 0.2) is 64.1 Å². The molecule has 0 bridgehead atoms. The third kappa shape index (κ3) is 5.47. The van der Waals surface area contributed by atoms with E-state index in [9.17, 15) is 5.11 Å². The minimum absolute atomic E-state index is 0.0953. The first-order chi connectivity index (χ1) is 15.5. The molecular formula is C25H35N5O2. The van der Waals surface area contributed by atoms with Crippen LogP contribution in [-0.4, -0.2) is 56.1 Å². The number of hydrogen-bond acceptors (Lipinski definition) is 5. The largest absolute Gasteiger partial charge is 0.407 e. The highest BCUT2D eigenvalue weighted by Gasteiger charge is 2.26. The van der Waals surface area contributed by atoms with E-state index in [-0.39, 0.29) is 12.1 Å². The number of aliphatic imine (C=N–C) groups is 2. The monoisotopic (exact) mass is 437 g/mol. The van der Waals surface area contributed by atoms with E-state index in [1.54, 1.807) is 20.2 Å². The highest BCUT2D eigenvalue weighted by molar-refractivity contribution is 6.13. The lowest BCUT2D eigenvalue weighted by atomic mass is 9.97. The van der Waals surface area contributed by atoms with E-state index in [1.807, 2.05) is 6.92 Å². The molecule has 0 radical (unpaired) electrons. The molecule has 2 aliphatic rings. The maximum atomic E-state index is 9.76. The normalized spacial score (nSPS) is 21.1. The highest BCUT2D eigenvalue weighted by atomic mass is 16.7. The van der Waals surface area contributed by atoms with Crippen molar-refractivity contribution in [3.8, 4) is 0 Å². The number of hydroxylamine groups is 1. The molecule has 172 valence electrons. The van der Waals surface area contributed by atoms with Crippen LogP contribution in [0, 0.1) is 0 Å². The molecule has 0 spiro atoms. The zero-order chi connectivity index (χ0) is 23.1. The Balaban J connectivity index is 1.91. The lowest BCUT2D eigenvalue weighted by Gasteiger charge is -2.31. The van der Waals surface area contributed by atoms with Crippen molar-refractivity contribution < 1.29 is 9.94 Å². The van der Waals surface area contributed by atoms with E-state index in [2.05, 4.69) is 69.5 Å². The van der Waals surface area contributed by atoms with E-state index in [0.717, 1.165) is 60.5 Å². The minimum Gasteiger partial charge on any atom is -0.407 e. The first kappa shape index (κ1) is 23.8. The van der Waals surface area contributed by atoms with Crippen molar-refractivity contribution in [2.24, 2.45) is 9.98 Å². The number of piperidine rings is 1. The molecule has 0 aliphatic carbocycles. The number of aliphatic hydroxyl groups excluding tert-OH is 1. The van der Waals surface area contributed by atoms with Crippen LogP contribution >= 0.6 is 0 Å². The molecule has 1 aromatic carbocycles. The summed E-state index contributed by atoms with van der Waals surface area (Å²) in [6.45, 7) is 9.83. The van der Waals surface area contributed by atoms with Crippen LogP contribution in [0.3, 0.4) is 0 Å². The minimum atomic E-state index is -0.172. The number of guanidine groups is 1. The summed E-state index contributed by atoms with van der Waals surface area (Å²) in [4.78, 5) is 16.9. The number of nitrogens with one attached hydrogen (secondary N) is 2. The van der Waals surface area contributed by atoms with Crippen LogP contribution in [0.1, 0.15) is 38.7 Å². The molecule has 7 nitrogen and oxygen atoms in total. The van der Waals surface area contributed by atoms with Gasteiger partial charge in [-0.3, -0.25) is 4.99 Å². The maximum Gasteiger partial charge on any atom is 0.217 e. The first-order valence-corrected chi connectivity index (χ1v) is 11.2. The van der Waals surface area contributed by atoms with Crippen molar-refractivity contribution in [2.75, 3.05) is 32.1 Å². The molecule has 1 atom stereocenters. The van der Waals surface area contributed by atoms with E-state index >= 15 is 0 Å². The van der Waals surface area contributed by atoms with Crippen LogP contribution < -0.4 is 15.7 Å². The van der Waals surface area contributed by atoms with E-state index < -0.39 is 0 Å². The molecule has 2 aliphatic heterocycles. The maximum absolute atomic E-state index is 9.76. The average Bonchev–Trinajstić information content (AvgIpc) is 3.23. The van der Waals surface area contributed by atoms with Crippen molar-refractivity contribution >= 4 is 23.1 Å². The molecule has 2 heterocycles. The summed E-state index contributed by atoms with van der Waals surface area (Å²) in [7, 11) is 3.50. The van der Waals surface area contributed by atoms with Gasteiger partial charge in [-0.15, -0.1) is 5.48 Å². The lowest BCUT2D eigenvalue weighted by molar-refractivity contribution is 0.145. The molecule has 32 heavy (non-hydrogen) atoms. The van der Waals surface area contributed by atoms with Gasteiger partial charge in [-0.1, -0.05) is 13.5 Å². The molecular weight excluding hydrogens is 402 g/mol. The van der Waals surface area contributed by atoms with E-state index in [4.69, 9.17) is 4.84 Å². The Hall–Kier alpha value is -2.90. The van der Waals surface area contributed by atoms with E-state index in [1.165, 1.54) is 5.69 Å². The van der Waals surface area contributed by atoms with Gasteiger partial charge in [0.15, 0.2) is 5.76 Å². The van der Waals surface area contributed by atoms with Crippen molar-refractivity contribution in [2.45, 2.75) is 45.3 Å². The van der Waals surface area contributed by atoms with Crippen LogP contribution in [0.4, 0.5) is 5.69 Å². The van der Waals surface area contributed by atoms with Gasteiger partial charge >= 0.3 is 0 Å². The van der Waals surface area contributed by atoms with Crippen molar-refractivity contribution in [1.29, 1.82) is 0 Å². The van der Waals surface area contributed by atoms with Crippen molar-refractivity contribution in [3.63, 3.8) is 0 Å². The highest BCUT2D eigenvalue weighted by Crippen LogP contribution is 2.31. The number of rotatable bonds is 6. The van der Waals surface area contributed by atoms with Crippen LogP contribution in [0.5, 0.6) is 0 Å². The third-order valence-electron chi connectivity index (χ3n) is 5.94. The Bertz CT molecular complexity index is 922. The van der Waals surface area contributed by atoms with Gasteiger partial charge in [0, 0.05) is 44.0 Å². The summed E-state index contributed by atoms with van der Waals surface area (Å²) in [6, 6.07) is 8.56. The second kappa shape index (κ2) is 11.1. The van der Waals surface area contributed by atoms with Gasteiger partial charge in [-0.25, -0.2) is 4.99 Å². The second-order valence-corrected chi connectivity index (χ2v) is 8.06. The quantitative estimate of drug-likeness (QED) is 0.469. The van der Waals surface area contributed by atoms with E-state index in [0.29, 0.717) is 5.96 Å². The fourth-order valence-electron chi connectivity index (χ4n) is 3.99. The fourth-order valence-corrected chi connectivity index (χ4v) is 3.99. The van der Waals surface area contributed by atoms with Crippen molar-refractivity contribution in [1.82, 2.24) is 10.8 Å². The molecule has 0 amide bonds. The molecule has 1 aromatic rings. The van der Waals surface area contributed by atoms with Crippen molar-refractivity contribution in [3.05, 3.63) is 59.7 Å². The Morgan fingerprint density at radius 1 is 1.31 bits per heavy atom. The number of allylic oxidation sites excluding steroid dienone is 2. The zero-order valence-corrected chi connectivity index (χ0v) is 19.6. The molecule has 1 saturated heterocycles. The topological polar surface area (TPSA) is 81.5 Å². The Morgan fingerprint density at radius 2 is 2.00 bits per heavy atom. The van der Waals surface area contributed by atoms with Gasteiger partial charge < -0.3 is 20.2 Å². The number of anilines is 1.